The molecule has 2 rings (SSSR count). The molecule has 0 saturated carbocycles. The summed E-state index contributed by atoms with van der Waals surface area (Å²) in [6.07, 6.45) is -4.44. The van der Waals surface area contributed by atoms with Crippen LogP contribution in [0, 0.1) is 0 Å². The maximum atomic E-state index is 12.4. The number of benzene rings is 2. The van der Waals surface area contributed by atoms with Gasteiger partial charge >= 0.3 is 6.18 Å². The second kappa shape index (κ2) is 7.33. The van der Waals surface area contributed by atoms with E-state index in [1.54, 1.807) is 0 Å². The molecule has 0 saturated heterocycles. The van der Waals surface area contributed by atoms with Crippen molar-refractivity contribution < 1.29 is 17.9 Å². The second-order valence-electron chi connectivity index (χ2n) is 4.36. The van der Waals surface area contributed by atoms with Gasteiger partial charge in [0.25, 0.3) is 0 Å². The fourth-order valence-electron chi connectivity index (χ4n) is 1.70. The fraction of sp³-hybridized carbons (Fsp3) is 0.200. The van der Waals surface area contributed by atoms with E-state index in [2.05, 4.69) is 0 Å². The zero-order valence-electron chi connectivity index (χ0n) is 11.0. The highest BCUT2D eigenvalue weighted by Gasteiger charge is 2.37. The molecule has 0 aliphatic heterocycles. The highest BCUT2D eigenvalue weighted by Crippen LogP contribution is 2.31. The van der Waals surface area contributed by atoms with Crippen molar-refractivity contribution in [3.63, 3.8) is 0 Å². The SMILES string of the molecule is Cl.N[C@@H](c1ccc(OCc2ccccc2)cc1)C(F)(F)F. The molecule has 0 aliphatic carbocycles. The Morgan fingerprint density at radius 1 is 0.952 bits per heavy atom. The summed E-state index contributed by atoms with van der Waals surface area (Å²) in [6, 6.07) is 13.2. The van der Waals surface area contributed by atoms with Crippen LogP contribution in [0.1, 0.15) is 17.2 Å². The predicted molar refractivity (Wildman–Crippen MR) is 77.4 cm³/mol. The van der Waals surface area contributed by atoms with E-state index in [9.17, 15) is 13.2 Å². The van der Waals surface area contributed by atoms with Crippen LogP contribution in [-0.2, 0) is 6.61 Å². The molecule has 114 valence electrons. The van der Waals surface area contributed by atoms with Gasteiger partial charge in [0.15, 0.2) is 0 Å². The molecule has 6 heteroatoms. The lowest BCUT2D eigenvalue weighted by molar-refractivity contribution is -0.149. The van der Waals surface area contributed by atoms with E-state index >= 15 is 0 Å². The van der Waals surface area contributed by atoms with Crippen molar-refractivity contribution in [2.24, 2.45) is 5.73 Å². The molecule has 0 unspecified atom stereocenters. The number of nitrogens with two attached hydrogens (primary N) is 1. The van der Waals surface area contributed by atoms with E-state index in [1.807, 2.05) is 30.3 Å². The highest BCUT2D eigenvalue weighted by molar-refractivity contribution is 5.85. The lowest BCUT2D eigenvalue weighted by Gasteiger charge is -2.16. The van der Waals surface area contributed by atoms with Gasteiger partial charge in [0.2, 0.25) is 0 Å². The van der Waals surface area contributed by atoms with Gasteiger partial charge in [-0.2, -0.15) is 13.2 Å². The Labute approximate surface area is 127 Å². The van der Waals surface area contributed by atoms with Crippen LogP contribution in [0.2, 0.25) is 0 Å². The first kappa shape index (κ1) is 17.3. The van der Waals surface area contributed by atoms with Crippen molar-refractivity contribution >= 4 is 12.4 Å². The summed E-state index contributed by atoms with van der Waals surface area (Å²) in [4.78, 5) is 0. The summed E-state index contributed by atoms with van der Waals surface area (Å²) in [7, 11) is 0. The minimum Gasteiger partial charge on any atom is -0.489 e. The summed E-state index contributed by atoms with van der Waals surface area (Å²) in [5.41, 5.74) is 6.13. The molecule has 2 aromatic carbocycles. The number of hydrogen-bond acceptors (Lipinski definition) is 2. The number of hydrogen-bond donors (Lipinski definition) is 1. The smallest absolute Gasteiger partial charge is 0.407 e. The molecule has 0 aromatic heterocycles. The first-order valence-electron chi connectivity index (χ1n) is 6.06. The molecular weight excluding hydrogens is 303 g/mol. The molecule has 21 heavy (non-hydrogen) atoms. The van der Waals surface area contributed by atoms with Gasteiger partial charge in [0.05, 0.1) is 0 Å². The maximum Gasteiger partial charge on any atom is 0.407 e. The number of ether oxygens (including phenoxy) is 1. The maximum absolute atomic E-state index is 12.4. The first-order chi connectivity index (χ1) is 9.47. The van der Waals surface area contributed by atoms with Gasteiger partial charge in [-0.25, -0.2) is 0 Å². The third-order valence-electron chi connectivity index (χ3n) is 2.84. The molecule has 1 atom stereocenters. The van der Waals surface area contributed by atoms with Gasteiger partial charge in [-0.1, -0.05) is 42.5 Å². The molecule has 0 fully saturated rings. The van der Waals surface area contributed by atoms with Crippen LogP contribution < -0.4 is 10.5 Å². The monoisotopic (exact) mass is 317 g/mol. The molecule has 0 heterocycles. The van der Waals surface area contributed by atoms with E-state index < -0.39 is 12.2 Å². The van der Waals surface area contributed by atoms with Crippen molar-refractivity contribution in [2.45, 2.75) is 18.8 Å². The van der Waals surface area contributed by atoms with E-state index in [-0.39, 0.29) is 18.0 Å². The normalized spacial score (nSPS) is 12.4. The van der Waals surface area contributed by atoms with Gasteiger partial charge in [0, 0.05) is 0 Å². The highest BCUT2D eigenvalue weighted by atomic mass is 35.5. The van der Waals surface area contributed by atoms with Crippen molar-refractivity contribution in [3.05, 3.63) is 65.7 Å². The van der Waals surface area contributed by atoms with E-state index in [0.29, 0.717) is 12.4 Å². The molecule has 0 aliphatic rings. The summed E-state index contributed by atoms with van der Waals surface area (Å²) in [5.74, 6) is 0.506. The molecule has 2 aromatic rings. The van der Waals surface area contributed by atoms with Gasteiger partial charge in [-0.3, -0.25) is 0 Å². The largest absolute Gasteiger partial charge is 0.489 e. The van der Waals surface area contributed by atoms with E-state index in [0.717, 1.165) is 5.56 Å². The lowest BCUT2D eigenvalue weighted by Crippen LogP contribution is -2.28. The predicted octanol–water partition coefficient (Wildman–Crippen LogP) is 4.25. The summed E-state index contributed by atoms with van der Waals surface area (Å²) in [6.45, 7) is 0.367. The summed E-state index contributed by atoms with van der Waals surface area (Å²) >= 11 is 0. The second-order valence-corrected chi connectivity index (χ2v) is 4.36. The quantitative estimate of drug-likeness (QED) is 0.915. The van der Waals surface area contributed by atoms with Crippen LogP contribution >= 0.6 is 12.4 Å². The number of halogens is 4. The Hall–Kier alpha value is -1.72. The third kappa shape index (κ3) is 4.95. The van der Waals surface area contributed by atoms with E-state index in [1.165, 1.54) is 24.3 Å². The molecular formula is C15H15ClF3NO. The fourth-order valence-corrected chi connectivity index (χ4v) is 1.70. The van der Waals surface area contributed by atoms with Crippen LogP contribution in [0.4, 0.5) is 13.2 Å². The van der Waals surface area contributed by atoms with Crippen LogP contribution in [-0.4, -0.2) is 6.18 Å². The molecule has 0 spiro atoms. The van der Waals surface area contributed by atoms with Crippen LogP contribution in [0.3, 0.4) is 0 Å². The average molecular weight is 318 g/mol. The number of alkyl halides is 3. The summed E-state index contributed by atoms with van der Waals surface area (Å²) in [5, 5.41) is 0. The van der Waals surface area contributed by atoms with Crippen molar-refractivity contribution in [3.8, 4) is 5.75 Å². The Morgan fingerprint density at radius 2 is 1.52 bits per heavy atom. The van der Waals surface area contributed by atoms with Crippen molar-refractivity contribution in [1.29, 1.82) is 0 Å². The zero-order valence-corrected chi connectivity index (χ0v) is 11.8. The Morgan fingerprint density at radius 3 is 2.05 bits per heavy atom. The Bertz CT molecular complexity index is 543. The van der Waals surface area contributed by atoms with Gasteiger partial charge in [-0.15, -0.1) is 12.4 Å². The topological polar surface area (TPSA) is 35.2 Å². The van der Waals surface area contributed by atoms with Crippen LogP contribution in [0.25, 0.3) is 0 Å². The summed E-state index contributed by atoms with van der Waals surface area (Å²) < 4.78 is 42.8. The third-order valence-corrected chi connectivity index (χ3v) is 2.84. The van der Waals surface area contributed by atoms with Gasteiger partial charge in [0.1, 0.15) is 18.4 Å². The molecule has 0 bridgehead atoms. The molecule has 0 radical (unpaired) electrons. The Balaban J connectivity index is 0.00000220. The molecule has 0 amide bonds. The minimum atomic E-state index is -4.44. The lowest BCUT2D eigenvalue weighted by atomic mass is 10.1. The van der Waals surface area contributed by atoms with Gasteiger partial charge in [-0.05, 0) is 23.3 Å². The van der Waals surface area contributed by atoms with Crippen molar-refractivity contribution in [1.82, 2.24) is 0 Å². The zero-order chi connectivity index (χ0) is 14.6. The molecule has 2 nitrogen and oxygen atoms in total. The van der Waals surface area contributed by atoms with Gasteiger partial charge < -0.3 is 10.5 Å². The number of rotatable bonds is 4. The van der Waals surface area contributed by atoms with Crippen molar-refractivity contribution in [2.75, 3.05) is 0 Å². The minimum absolute atomic E-state index is 0. The van der Waals surface area contributed by atoms with E-state index in [4.69, 9.17) is 10.5 Å². The average Bonchev–Trinajstić information content (AvgIpc) is 2.45. The first-order valence-corrected chi connectivity index (χ1v) is 6.06. The molecule has 2 N–H and O–H groups in total. The standard InChI is InChI=1S/C15H14F3NO.ClH/c16-15(17,18)14(19)12-6-8-13(9-7-12)20-10-11-4-2-1-3-5-11;/h1-9,14H,10,19H2;1H/t14-;/m0./s1. The Kier molecular flexibility index (Phi) is 6.05. The van der Waals surface area contributed by atoms with Crippen LogP contribution in [0.5, 0.6) is 5.75 Å². The van der Waals surface area contributed by atoms with Crippen LogP contribution in [0.15, 0.2) is 54.6 Å².